The number of ether oxygens (including phenoxy) is 1. The SMILES string of the molecule is COC(=O)c1cc(Cl)c(C(=N)C2CCC2)c([NH2+]c2ccc(F)cc2)n1. The molecule has 0 aliphatic heterocycles. The molecular formula is C18H18ClFN3O2+. The molecule has 1 heterocycles. The number of esters is 1. The van der Waals surface area contributed by atoms with Crippen molar-refractivity contribution < 1.29 is 19.2 Å². The van der Waals surface area contributed by atoms with E-state index in [-0.39, 0.29) is 17.4 Å². The van der Waals surface area contributed by atoms with E-state index in [9.17, 15) is 9.18 Å². The number of pyridine rings is 1. The van der Waals surface area contributed by atoms with E-state index in [4.69, 9.17) is 21.7 Å². The number of aromatic nitrogens is 1. The zero-order valence-corrected chi connectivity index (χ0v) is 14.4. The number of carbonyl (C=O) groups excluding carboxylic acids is 1. The molecule has 2 aromatic rings. The number of methoxy groups -OCH3 is 1. The molecule has 7 heteroatoms. The first kappa shape index (κ1) is 17.5. The molecule has 0 atom stereocenters. The van der Waals surface area contributed by atoms with Gasteiger partial charge >= 0.3 is 5.97 Å². The lowest BCUT2D eigenvalue weighted by Gasteiger charge is -2.26. The molecule has 0 amide bonds. The minimum absolute atomic E-state index is 0.0750. The molecule has 3 N–H and O–H groups in total. The van der Waals surface area contributed by atoms with Crippen LogP contribution in [0.4, 0.5) is 15.9 Å². The third-order valence-electron chi connectivity index (χ3n) is 4.35. The van der Waals surface area contributed by atoms with Crippen LogP contribution in [0.5, 0.6) is 0 Å². The minimum Gasteiger partial charge on any atom is -0.464 e. The molecule has 0 radical (unpaired) electrons. The van der Waals surface area contributed by atoms with Gasteiger partial charge in [0.05, 0.1) is 23.4 Å². The number of rotatable bonds is 5. The maximum absolute atomic E-state index is 13.1. The first-order valence-corrected chi connectivity index (χ1v) is 8.35. The van der Waals surface area contributed by atoms with Gasteiger partial charge in [-0.1, -0.05) is 18.0 Å². The molecule has 5 nitrogen and oxygen atoms in total. The van der Waals surface area contributed by atoms with Crippen LogP contribution in [0.1, 0.15) is 35.3 Å². The molecule has 130 valence electrons. The van der Waals surface area contributed by atoms with Gasteiger partial charge in [0.25, 0.3) is 0 Å². The predicted molar refractivity (Wildman–Crippen MR) is 92.4 cm³/mol. The van der Waals surface area contributed by atoms with Crippen molar-refractivity contribution in [1.29, 1.82) is 5.41 Å². The van der Waals surface area contributed by atoms with Gasteiger partial charge in [-0.05, 0) is 31.0 Å². The summed E-state index contributed by atoms with van der Waals surface area (Å²) in [6, 6.07) is 7.32. The van der Waals surface area contributed by atoms with Crippen molar-refractivity contribution in [2.75, 3.05) is 7.11 Å². The number of nitrogens with two attached hydrogens (primary N) is 1. The highest BCUT2D eigenvalue weighted by Crippen LogP contribution is 2.34. The highest BCUT2D eigenvalue weighted by molar-refractivity contribution is 6.35. The number of hydrogen-bond donors (Lipinski definition) is 2. The number of nitrogens with one attached hydrogen (secondary N) is 1. The molecule has 0 spiro atoms. The molecule has 25 heavy (non-hydrogen) atoms. The standard InChI is InChI=1S/C18H17ClFN3O2/c1-25-18(24)14-9-13(19)15(16(21)10-3-2-4-10)17(23-14)22-12-7-5-11(20)6-8-12/h5-10,21H,2-4H2,1H3,(H,22,23)/p+1. The van der Waals surface area contributed by atoms with E-state index >= 15 is 0 Å². The zero-order valence-electron chi connectivity index (χ0n) is 13.7. The first-order chi connectivity index (χ1) is 12.0. The van der Waals surface area contributed by atoms with Crippen molar-refractivity contribution in [3.8, 4) is 0 Å². The summed E-state index contributed by atoms with van der Waals surface area (Å²) in [5, 5.41) is 10.5. The largest absolute Gasteiger partial charge is 0.464 e. The fraction of sp³-hybridized carbons (Fsp3) is 0.278. The van der Waals surface area contributed by atoms with Gasteiger partial charge in [-0.3, -0.25) is 5.32 Å². The smallest absolute Gasteiger partial charge is 0.356 e. The number of benzene rings is 1. The highest BCUT2D eigenvalue weighted by atomic mass is 35.5. The quantitative estimate of drug-likeness (QED) is 0.486. The average Bonchev–Trinajstić information content (AvgIpc) is 2.54. The molecule has 1 aromatic heterocycles. The highest BCUT2D eigenvalue weighted by Gasteiger charge is 2.30. The summed E-state index contributed by atoms with van der Waals surface area (Å²) in [6.45, 7) is 0. The summed E-state index contributed by atoms with van der Waals surface area (Å²) in [4.78, 5) is 16.2. The Balaban J connectivity index is 2.04. The summed E-state index contributed by atoms with van der Waals surface area (Å²) >= 11 is 6.38. The van der Waals surface area contributed by atoms with Crippen LogP contribution in [-0.2, 0) is 4.74 Å². The molecule has 1 saturated carbocycles. The summed E-state index contributed by atoms with van der Waals surface area (Å²) < 4.78 is 17.8. The van der Waals surface area contributed by atoms with Crippen LogP contribution < -0.4 is 5.32 Å². The predicted octanol–water partition coefficient (Wildman–Crippen LogP) is 3.36. The second-order valence-corrected chi connectivity index (χ2v) is 6.39. The monoisotopic (exact) mass is 362 g/mol. The van der Waals surface area contributed by atoms with Gasteiger partial charge in [0, 0.05) is 18.1 Å². The third-order valence-corrected chi connectivity index (χ3v) is 4.65. The molecule has 1 aliphatic rings. The van der Waals surface area contributed by atoms with Crippen LogP contribution in [0.15, 0.2) is 30.3 Å². The van der Waals surface area contributed by atoms with E-state index in [1.807, 2.05) is 0 Å². The van der Waals surface area contributed by atoms with E-state index in [0.29, 0.717) is 27.8 Å². The van der Waals surface area contributed by atoms with Crippen LogP contribution in [0, 0.1) is 17.1 Å². The Labute approximate surface area is 149 Å². The van der Waals surface area contributed by atoms with Crippen LogP contribution in [0.2, 0.25) is 5.02 Å². The number of halogens is 2. The number of quaternary nitrogens is 1. The molecule has 1 aromatic carbocycles. The second-order valence-electron chi connectivity index (χ2n) is 5.98. The Morgan fingerprint density at radius 3 is 2.60 bits per heavy atom. The lowest BCUT2D eigenvalue weighted by molar-refractivity contribution is -0.483. The maximum Gasteiger partial charge on any atom is 0.356 e. The Kier molecular flexibility index (Phi) is 5.11. The van der Waals surface area contributed by atoms with Gasteiger partial charge in [0.15, 0.2) is 5.69 Å². The summed E-state index contributed by atoms with van der Waals surface area (Å²) in [5.74, 6) is -0.369. The molecule has 1 fully saturated rings. The van der Waals surface area contributed by atoms with E-state index in [1.54, 1.807) is 17.4 Å². The molecule has 0 saturated heterocycles. The Morgan fingerprint density at radius 2 is 2.04 bits per heavy atom. The number of carbonyl (C=O) groups is 1. The van der Waals surface area contributed by atoms with Crippen molar-refractivity contribution in [3.63, 3.8) is 0 Å². The summed E-state index contributed by atoms with van der Waals surface area (Å²) in [5.41, 5.74) is 1.72. The van der Waals surface area contributed by atoms with E-state index in [0.717, 1.165) is 19.3 Å². The lowest BCUT2D eigenvalue weighted by atomic mass is 9.79. The average molecular weight is 363 g/mol. The van der Waals surface area contributed by atoms with Crippen molar-refractivity contribution in [3.05, 3.63) is 52.4 Å². The zero-order chi connectivity index (χ0) is 18.0. The van der Waals surface area contributed by atoms with Crippen LogP contribution in [-0.4, -0.2) is 23.8 Å². The fourth-order valence-corrected chi connectivity index (χ4v) is 3.03. The molecule has 3 rings (SSSR count). The molecular weight excluding hydrogens is 345 g/mol. The fourth-order valence-electron chi connectivity index (χ4n) is 2.73. The third kappa shape index (κ3) is 3.70. The van der Waals surface area contributed by atoms with E-state index in [1.165, 1.54) is 25.3 Å². The normalized spacial score (nSPS) is 14.0. The van der Waals surface area contributed by atoms with Crippen LogP contribution >= 0.6 is 11.6 Å². The van der Waals surface area contributed by atoms with Gasteiger partial charge < -0.3 is 10.1 Å². The van der Waals surface area contributed by atoms with Crippen LogP contribution in [0.25, 0.3) is 0 Å². The van der Waals surface area contributed by atoms with Crippen LogP contribution in [0.3, 0.4) is 0 Å². The van der Waals surface area contributed by atoms with Gasteiger partial charge in [0.1, 0.15) is 11.5 Å². The molecule has 0 unspecified atom stereocenters. The lowest BCUT2D eigenvalue weighted by Crippen LogP contribution is -2.72. The van der Waals surface area contributed by atoms with Crippen molar-refractivity contribution in [1.82, 2.24) is 4.98 Å². The van der Waals surface area contributed by atoms with Gasteiger partial charge in [-0.2, -0.15) is 4.98 Å². The molecule has 1 aliphatic carbocycles. The minimum atomic E-state index is -0.600. The number of nitrogens with zero attached hydrogens (tertiary/aromatic N) is 1. The van der Waals surface area contributed by atoms with Gasteiger partial charge in [-0.15, -0.1) is 0 Å². The van der Waals surface area contributed by atoms with Crippen molar-refractivity contribution in [2.45, 2.75) is 19.3 Å². The van der Waals surface area contributed by atoms with E-state index in [2.05, 4.69) is 4.98 Å². The Morgan fingerprint density at radius 1 is 1.36 bits per heavy atom. The summed E-state index contributed by atoms with van der Waals surface area (Å²) in [6.07, 6.45) is 2.99. The van der Waals surface area contributed by atoms with E-state index < -0.39 is 5.97 Å². The Bertz CT molecular complexity index is 820. The Hall–Kier alpha value is -2.31. The maximum atomic E-state index is 13.1. The molecule has 0 bridgehead atoms. The number of hydrogen-bond acceptors (Lipinski definition) is 4. The second kappa shape index (κ2) is 7.29. The van der Waals surface area contributed by atoms with Gasteiger partial charge in [-0.25, -0.2) is 9.18 Å². The van der Waals surface area contributed by atoms with Gasteiger partial charge in [0.2, 0.25) is 5.82 Å². The summed E-state index contributed by atoms with van der Waals surface area (Å²) in [7, 11) is 1.27. The first-order valence-electron chi connectivity index (χ1n) is 7.97. The topological polar surface area (TPSA) is 79.7 Å². The van der Waals surface area contributed by atoms with Crippen molar-refractivity contribution in [2.24, 2.45) is 5.92 Å². The van der Waals surface area contributed by atoms with Crippen molar-refractivity contribution >= 4 is 34.8 Å².